The Bertz CT molecular complexity index is 1420. The van der Waals surface area contributed by atoms with Gasteiger partial charge in [-0.3, -0.25) is 4.98 Å². The minimum absolute atomic E-state index is 0.00287. The lowest BCUT2D eigenvalue weighted by atomic mass is 10.1. The summed E-state index contributed by atoms with van der Waals surface area (Å²) >= 11 is 0. The molecule has 0 atom stereocenters. The molecule has 0 bridgehead atoms. The standard InChI is InChI=1S/C22H13FN6/c23-19-10-16(4-5-17(19)11-24)21-13-27-22-26-12-18(29(22)28-21)9-14-3-6-20-15(8-14)2-1-7-25-20/h1-8,10,12-13H,9H2. The first kappa shape index (κ1) is 17.0. The number of benzene rings is 2. The lowest BCUT2D eigenvalue weighted by Gasteiger charge is -2.06. The minimum atomic E-state index is -0.581. The van der Waals surface area contributed by atoms with E-state index >= 15 is 0 Å². The van der Waals surface area contributed by atoms with Crippen LogP contribution < -0.4 is 0 Å². The average molecular weight is 380 g/mol. The monoisotopic (exact) mass is 380 g/mol. The SMILES string of the molecule is N#Cc1ccc(-c2cnc3ncc(Cc4ccc5ncccc5c4)n3n2)cc1F. The van der Waals surface area contributed by atoms with Crippen molar-refractivity contribution in [1.82, 2.24) is 24.6 Å². The van der Waals surface area contributed by atoms with Crippen LogP contribution >= 0.6 is 0 Å². The van der Waals surface area contributed by atoms with Crippen LogP contribution in [-0.4, -0.2) is 24.6 Å². The minimum Gasteiger partial charge on any atom is -0.256 e. The Labute approximate surface area is 164 Å². The normalized spacial score (nSPS) is 11.0. The van der Waals surface area contributed by atoms with E-state index in [9.17, 15) is 4.39 Å². The molecule has 0 spiro atoms. The van der Waals surface area contributed by atoms with Crippen LogP contribution in [0.1, 0.15) is 16.8 Å². The highest BCUT2D eigenvalue weighted by Gasteiger charge is 2.11. The van der Waals surface area contributed by atoms with Gasteiger partial charge >= 0.3 is 0 Å². The van der Waals surface area contributed by atoms with Gasteiger partial charge in [0.1, 0.15) is 17.6 Å². The topological polar surface area (TPSA) is 79.8 Å². The summed E-state index contributed by atoms with van der Waals surface area (Å²) in [4.78, 5) is 13.0. The quantitative estimate of drug-likeness (QED) is 0.474. The maximum Gasteiger partial charge on any atom is 0.250 e. The van der Waals surface area contributed by atoms with E-state index in [4.69, 9.17) is 5.26 Å². The van der Waals surface area contributed by atoms with Crippen LogP contribution in [0.2, 0.25) is 0 Å². The Balaban J connectivity index is 1.54. The number of pyridine rings is 1. The van der Waals surface area contributed by atoms with E-state index in [-0.39, 0.29) is 5.56 Å². The van der Waals surface area contributed by atoms with Crippen LogP contribution in [0.15, 0.2) is 67.1 Å². The van der Waals surface area contributed by atoms with Gasteiger partial charge in [-0.2, -0.15) is 10.4 Å². The molecule has 0 amide bonds. The third-order valence-electron chi connectivity index (χ3n) is 4.74. The summed E-state index contributed by atoms with van der Waals surface area (Å²) < 4.78 is 15.7. The zero-order valence-corrected chi connectivity index (χ0v) is 15.1. The maximum atomic E-state index is 14.0. The van der Waals surface area contributed by atoms with Gasteiger partial charge in [-0.05, 0) is 35.9 Å². The second-order valence-electron chi connectivity index (χ2n) is 6.62. The molecule has 5 aromatic rings. The van der Waals surface area contributed by atoms with Gasteiger partial charge < -0.3 is 0 Å². The fourth-order valence-corrected chi connectivity index (χ4v) is 3.28. The predicted octanol–water partition coefficient (Wildman–Crippen LogP) is 3.94. The van der Waals surface area contributed by atoms with Gasteiger partial charge in [0, 0.05) is 23.6 Å². The number of nitriles is 1. The number of fused-ring (bicyclic) bond motifs is 2. The Morgan fingerprint density at radius 3 is 2.76 bits per heavy atom. The van der Waals surface area contributed by atoms with Crippen molar-refractivity contribution in [3.8, 4) is 17.3 Å². The van der Waals surface area contributed by atoms with Crippen LogP contribution in [0.3, 0.4) is 0 Å². The summed E-state index contributed by atoms with van der Waals surface area (Å²) in [6.45, 7) is 0. The van der Waals surface area contributed by atoms with Crippen molar-refractivity contribution in [2.45, 2.75) is 6.42 Å². The van der Waals surface area contributed by atoms with E-state index < -0.39 is 5.82 Å². The molecule has 0 N–H and O–H groups in total. The molecule has 0 aliphatic carbocycles. The molecule has 0 saturated carbocycles. The lowest BCUT2D eigenvalue weighted by molar-refractivity contribution is 0.624. The molecule has 0 saturated heterocycles. The first-order valence-electron chi connectivity index (χ1n) is 8.94. The summed E-state index contributed by atoms with van der Waals surface area (Å²) in [5.74, 6) is -0.108. The molecule has 7 heteroatoms. The number of rotatable bonds is 3. The average Bonchev–Trinajstić information content (AvgIpc) is 3.15. The smallest absolute Gasteiger partial charge is 0.250 e. The second-order valence-corrected chi connectivity index (χ2v) is 6.62. The molecule has 0 aliphatic rings. The molecule has 29 heavy (non-hydrogen) atoms. The maximum absolute atomic E-state index is 14.0. The summed E-state index contributed by atoms with van der Waals surface area (Å²) in [6.07, 6.45) is 5.68. The summed E-state index contributed by atoms with van der Waals surface area (Å²) in [6, 6.07) is 16.3. The van der Waals surface area contributed by atoms with E-state index in [2.05, 4.69) is 26.1 Å². The van der Waals surface area contributed by atoms with Gasteiger partial charge in [0.2, 0.25) is 0 Å². The Hall–Kier alpha value is -4.18. The van der Waals surface area contributed by atoms with Crippen molar-refractivity contribution in [1.29, 1.82) is 5.26 Å². The highest BCUT2D eigenvalue weighted by Crippen LogP contribution is 2.21. The van der Waals surface area contributed by atoms with Gasteiger partial charge in [0.15, 0.2) is 0 Å². The van der Waals surface area contributed by atoms with E-state index in [1.54, 1.807) is 29.2 Å². The van der Waals surface area contributed by atoms with E-state index in [0.29, 0.717) is 23.5 Å². The van der Waals surface area contributed by atoms with Gasteiger partial charge in [0.05, 0.1) is 29.2 Å². The fraction of sp³-hybridized carbons (Fsp3) is 0.0455. The van der Waals surface area contributed by atoms with Crippen molar-refractivity contribution >= 4 is 16.7 Å². The Morgan fingerprint density at radius 2 is 1.90 bits per heavy atom. The zero-order chi connectivity index (χ0) is 19.8. The van der Waals surface area contributed by atoms with Crippen molar-refractivity contribution in [3.05, 3.63) is 89.8 Å². The fourth-order valence-electron chi connectivity index (χ4n) is 3.28. The highest BCUT2D eigenvalue weighted by atomic mass is 19.1. The molecule has 0 aliphatic heterocycles. The van der Waals surface area contributed by atoms with E-state index in [0.717, 1.165) is 22.2 Å². The number of halogens is 1. The molecule has 3 heterocycles. The van der Waals surface area contributed by atoms with Crippen molar-refractivity contribution < 1.29 is 4.39 Å². The molecule has 0 fully saturated rings. The van der Waals surface area contributed by atoms with Gasteiger partial charge in [0.25, 0.3) is 5.78 Å². The van der Waals surface area contributed by atoms with Crippen LogP contribution in [0.5, 0.6) is 0 Å². The Kier molecular flexibility index (Phi) is 3.96. The van der Waals surface area contributed by atoms with Gasteiger partial charge in [-0.25, -0.2) is 18.9 Å². The van der Waals surface area contributed by atoms with Gasteiger partial charge in [-0.1, -0.05) is 18.2 Å². The Morgan fingerprint density at radius 1 is 1.00 bits per heavy atom. The van der Waals surface area contributed by atoms with Crippen molar-refractivity contribution in [2.75, 3.05) is 0 Å². The van der Waals surface area contributed by atoms with Crippen LogP contribution in [0, 0.1) is 17.1 Å². The number of hydrogen-bond acceptors (Lipinski definition) is 5. The van der Waals surface area contributed by atoms with Gasteiger partial charge in [-0.15, -0.1) is 0 Å². The molecule has 0 unspecified atom stereocenters. The van der Waals surface area contributed by atoms with Crippen LogP contribution in [0.25, 0.3) is 27.9 Å². The predicted molar refractivity (Wildman–Crippen MR) is 105 cm³/mol. The first-order chi connectivity index (χ1) is 14.2. The third kappa shape index (κ3) is 3.07. The third-order valence-corrected chi connectivity index (χ3v) is 4.74. The summed E-state index contributed by atoms with van der Waals surface area (Å²) in [7, 11) is 0. The first-order valence-corrected chi connectivity index (χ1v) is 8.94. The number of aromatic nitrogens is 5. The molecular weight excluding hydrogens is 367 g/mol. The molecule has 2 aromatic carbocycles. The van der Waals surface area contributed by atoms with Crippen LogP contribution in [0.4, 0.5) is 4.39 Å². The van der Waals surface area contributed by atoms with E-state index in [1.807, 2.05) is 30.3 Å². The summed E-state index contributed by atoms with van der Waals surface area (Å²) in [5, 5.41) is 14.6. The van der Waals surface area contributed by atoms with E-state index in [1.165, 1.54) is 12.1 Å². The largest absolute Gasteiger partial charge is 0.256 e. The number of imidazole rings is 1. The summed E-state index contributed by atoms with van der Waals surface area (Å²) in [5.41, 5.74) is 3.96. The lowest BCUT2D eigenvalue weighted by Crippen LogP contribution is -2.02. The van der Waals surface area contributed by atoms with Crippen LogP contribution in [-0.2, 0) is 6.42 Å². The number of nitrogens with zero attached hydrogens (tertiary/aromatic N) is 6. The van der Waals surface area contributed by atoms with Crippen molar-refractivity contribution in [3.63, 3.8) is 0 Å². The molecule has 0 radical (unpaired) electrons. The molecule has 3 aromatic heterocycles. The molecule has 6 nitrogen and oxygen atoms in total. The van der Waals surface area contributed by atoms with Crippen molar-refractivity contribution in [2.24, 2.45) is 0 Å². The highest BCUT2D eigenvalue weighted by molar-refractivity contribution is 5.79. The number of hydrogen-bond donors (Lipinski definition) is 0. The molecule has 5 rings (SSSR count). The second kappa shape index (κ2) is 6.77. The molecule has 138 valence electrons. The molecular formula is C22H13FN6. The zero-order valence-electron chi connectivity index (χ0n) is 15.1.